The van der Waals surface area contributed by atoms with Crippen LogP contribution in [-0.4, -0.2) is 43.8 Å². The van der Waals surface area contributed by atoms with Crippen molar-refractivity contribution in [2.24, 2.45) is 0 Å². The van der Waals surface area contributed by atoms with E-state index in [2.05, 4.69) is 17.0 Å². The lowest BCUT2D eigenvalue weighted by Gasteiger charge is -2.39. The Morgan fingerprint density at radius 1 is 0.667 bits per heavy atom. The van der Waals surface area contributed by atoms with Crippen molar-refractivity contribution < 1.29 is 12.8 Å². The Kier molecular flexibility index (Phi) is 5.98. The Morgan fingerprint density at radius 2 is 1.27 bits per heavy atom. The number of piperazine rings is 1. The molecule has 1 aliphatic rings. The average Bonchev–Trinajstić information content (AvgIpc) is 2.86. The van der Waals surface area contributed by atoms with Crippen molar-refractivity contribution in [3.63, 3.8) is 0 Å². The van der Waals surface area contributed by atoms with Crippen LogP contribution in [0.25, 0.3) is 10.8 Å². The highest BCUT2D eigenvalue weighted by Gasteiger charge is 2.33. The molecule has 33 heavy (non-hydrogen) atoms. The summed E-state index contributed by atoms with van der Waals surface area (Å²) in [6, 6.07) is 29.6. The number of hydrogen-bond donors (Lipinski definition) is 0. The fraction of sp³-hybridized carbons (Fsp3) is 0.185. The largest absolute Gasteiger partial charge is 0.290 e. The van der Waals surface area contributed by atoms with Crippen molar-refractivity contribution in [3.8, 4) is 0 Å². The average molecular weight is 461 g/mol. The smallest absolute Gasteiger partial charge is 0.243 e. The van der Waals surface area contributed by atoms with Crippen LogP contribution < -0.4 is 0 Å². The minimum atomic E-state index is -3.62. The van der Waals surface area contributed by atoms with Gasteiger partial charge in [-0.1, -0.05) is 78.9 Å². The summed E-state index contributed by atoms with van der Waals surface area (Å²) in [4.78, 5) is 2.63. The van der Waals surface area contributed by atoms with Crippen molar-refractivity contribution in [1.82, 2.24) is 9.21 Å². The van der Waals surface area contributed by atoms with E-state index in [9.17, 15) is 12.8 Å². The predicted molar refractivity (Wildman–Crippen MR) is 129 cm³/mol. The molecule has 0 saturated carbocycles. The molecule has 1 saturated heterocycles. The third-order valence-corrected chi connectivity index (χ3v) is 8.26. The fourth-order valence-corrected chi connectivity index (χ4v) is 6.29. The summed E-state index contributed by atoms with van der Waals surface area (Å²) in [5.74, 6) is -0.267. The number of sulfonamides is 1. The van der Waals surface area contributed by atoms with Crippen LogP contribution in [0.4, 0.5) is 4.39 Å². The van der Waals surface area contributed by atoms with Crippen LogP contribution in [0, 0.1) is 5.82 Å². The van der Waals surface area contributed by atoms with Crippen LogP contribution in [-0.2, 0) is 10.0 Å². The first-order chi connectivity index (χ1) is 16.0. The van der Waals surface area contributed by atoms with Crippen molar-refractivity contribution in [3.05, 3.63) is 114 Å². The molecule has 4 nitrogen and oxygen atoms in total. The lowest BCUT2D eigenvalue weighted by molar-refractivity contribution is 0.156. The van der Waals surface area contributed by atoms with E-state index in [1.54, 1.807) is 16.4 Å². The summed E-state index contributed by atoms with van der Waals surface area (Å²) < 4.78 is 42.2. The van der Waals surface area contributed by atoms with Gasteiger partial charge < -0.3 is 0 Å². The van der Waals surface area contributed by atoms with E-state index in [0.29, 0.717) is 31.1 Å². The molecule has 4 aromatic carbocycles. The molecule has 1 atom stereocenters. The monoisotopic (exact) mass is 460 g/mol. The molecule has 0 bridgehead atoms. The lowest BCUT2D eigenvalue weighted by Crippen LogP contribution is -2.49. The molecule has 5 rings (SSSR count). The zero-order valence-corrected chi connectivity index (χ0v) is 19.0. The number of halogens is 1. The van der Waals surface area contributed by atoms with E-state index in [0.717, 1.165) is 21.9 Å². The number of benzene rings is 4. The van der Waals surface area contributed by atoms with Crippen molar-refractivity contribution in [2.75, 3.05) is 26.2 Å². The highest BCUT2D eigenvalue weighted by atomic mass is 32.2. The number of hydrogen-bond acceptors (Lipinski definition) is 3. The molecule has 168 valence electrons. The third-order valence-electron chi connectivity index (χ3n) is 6.31. The van der Waals surface area contributed by atoms with Gasteiger partial charge in [-0.15, -0.1) is 0 Å². The minimum Gasteiger partial charge on any atom is -0.290 e. The van der Waals surface area contributed by atoms with E-state index in [1.165, 1.54) is 12.1 Å². The second-order valence-corrected chi connectivity index (χ2v) is 10.2. The van der Waals surface area contributed by atoms with Crippen LogP contribution >= 0.6 is 0 Å². The molecular formula is C27H25FN2O2S. The summed E-state index contributed by atoms with van der Waals surface area (Å²) >= 11 is 0. The van der Waals surface area contributed by atoms with Crippen LogP contribution in [0.1, 0.15) is 17.2 Å². The van der Waals surface area contributed by atoms with Gasteiger partial charge in [0.25, 0.3) is 0 Å². The maximum Gasteiger partial charge on any atom is 0.243 e. The fourth-order valence-electron chi connectivity index (χ4n) is 4.66. The van der Waals surface area contributed by atoms with Crippen LogP contribution in [0.2, 0.25) is 0 Å². The van der Waals surface area contributed by atoms with Gasteiger partial charge >= 0.3 is 0 Å². The molecule has 0 radical (unpaired) electrons. The number of rotatable bonds is 5. The zero-order valence-electron chi connectivity index (χ0n) is 18.1. The molecule has 0 N–H and O–H groups in total. The Bertz CT molecular complexity index is 1340. The van der Waals surface area contributed by atoms with Gasteiger partial charge in [-0.25, -0.2) is 12.8 Å². The molecule has 0 spiro atoms. The standard InChI is InChI=1S/C27H25FN2O2S/c28-24-15-13-23(14-16-24)27(22-8-2-1-3-9-22)29-17-19-30(20-18-29)33(31,32)26-12-6-10-21-7-4-5-11-25(21)26/h1-16,27H,17-20H2/t27-/m0/s1. The highest BCUT2D eigenvalue weighted by Crippen LogP contribution is 2.32. The van der Waals surface area contributed by atoms with E-state index in [1.807, 2.05) is 60.7 Å². The topological polar surface area (TPSA) is 40.6 Å². The van der Waals surface area contributed by atoms with E-state index in [4.69, 9.17) is 0 Å². The molecule has 0 unspecified atom stereocenters. The Morgan fingerprint density at radius 3 is 2.00 bits per heavy atom. The maximum atomic E-state index is 13.6. The van der Waals surface area contributed by atoms with Gasteiger partial charge in [0.05, 0.1) is 10.9 Å². The SMILES string of the molecule is O=S(=O)(c1cccc2ccccc12)N1CCN([C@@H](c2ccccc2)c2ccc(F)cc2)CC1. The summed E-state index contributed by atoms with van der Waals surface area (Å²) in [7, 11) is -3.62. The van der Waals surface area contributed by atoms with Crippen LogP contribution in [0.3, 0.4) is 0 Å². The lowest BCUT2D eigenvalue weighted by atomic mass is 9.96. The van der Waals surface area contributed by atoms with Crippen molar-refractivity contribution in [1.29, 1.82) is 0 Å². The van der Waals surface area contributed by atoms with Gasteiger partial charge in [0.15, 0.2) is 0 Å². The first kappa shape index (κ1) is 21.8. The molecule has 4 aromatic rings. The quantitative estimate of drug-likeness (QED) is 0.417. The van der Waals surface area contributed by atoms with Crippen molar-refractivity contribution >= 4 is 20.8 Å². The van der Waals surface area contributed by atoms with Crippen LogP contribution in [0.15, 0.2) is 102 Å². The molecule has 0 aromatic heterocycles. The number of fused-ring (bicyclic) bond motifs is 1. The molecule has 1 fully saturated rings. The Balaban J connectivity index is 1.41. The van der Waals surface area contributed by atoms with Crippen LogP contribution in [0.5, 0.6) is 0 Å². The Labute approximate surface area is 193 Å². The summed E-state index contributed by atoms with van der Waals surface area (Å²) in [5.41, 5.74) is 2.10. The second-order valence-electron chi connectivity index (χ2n) is 8.28. The molecule has 1 heterocycles. The minimum absolute atomic E-state index is 0.0609. The van der Waals surface area contributed by atoms with Crippen molar-refractivity contribution in [2.45, 2.75) is 10.9 Å². The zero-order chi connectivity index (χ0) is 22.8. The molecule has 0 aliphatic carbocycles. The van der Waals surface area contributed by atoms with Gasteiger partial charge in [-0.05, 0) is 34.7 Å². The van der Waals surface area contributed by atoms with Gasteiger partial charge in [-0.2, -0.15) is 4.31 Å². The maximum absolute atomic E-state index is 13.6. The molecule has 6 heteroatoms. The molecule has 0 amide bonds. The second kappa shape index (κ2) is 9.06. The van der Waals surface area contributed by atoms with Gasteiger partial charge in [-0.3, -0.25) is 4.90 Å². The highest BCUT2D eigenvalue weighted by molar-refractivity contribution is 7.89. The summed E-state index contributed by atoms with van der Waals surface area (Å²) in [6.07, 6.45) is 0. The van der Waals surface area contributed by atoms with E-state index < -0.39 is 10.0 Å². The Hall–Kier alpha value is -3.06. The van der Waals surface area contributed by atoms with E-state index >= 15 is 0 Å². The predicted octanol–water partition coefficient (Wildman–Crippen LogP) is 5.07. The normalized spacial score (nSPS) is 16.6. The first-order valence-electron chi connectivity index (χ1n) is 11.1. The number of nitrogens with zero attached hydrogens (tertiary/aromatic N) is 2. The van der Waals surface area contributed by atoms with Gasteiger partial charge in [0, 0.05) is 31.6 Å². The third kappa shape index (κ3) is 4.29. The molecule has 1 aliphatic heterocycles. The van der Waals surface area contributed by atoms with E-state index in [-0.39, 0.29) is 11.9 Å². The van der Waals surface area contributed by atoms with Gasteiger partial charge in [0.1, 0.15) is 5.82 Å². The summed E-state index contributed by atoms with van der Waals surface area (Å²) in [5, 5.41) is 1.66. The molecular weight excluding hydrogens is 435 g/mol. The summed E-state index contributed by atoms with van der Waals surface area (Å²) in [6.45, 7) is 1.97. The first-order valence-corrected chi connectivity index (χ1v) is 12.5. The van der Waals surface area contributed by atoms with Gasteiger partial charge in [0.2, 0.25) is 10.0 Å².